The standard InChI is InChI=1S/C17H16ClF3N4O2S/c1-9(17(19,20)21)25-14-10(7-22-15(23-14)28-3)8-24(16(25)26)11-5-4-6-12(27-2)13(11)18/h4-7,9H,8H2,1-3H3/t9-/m0/s1. The van der Waals surface area contributed by atoms with Crippen molar-refractivity contribution in [2.75, 3.05) is 23.2 Å². The number of carbonyl (C=O) groups is 1. The molecule has 2 aromatic rings. The number of hydrogen-bond acceptors (Lipinski definition) is 5. The number of alkyl halides is 3. The van der Waals surface area contributed by atoms with Gasteiger partial charge in [0.25, 0.3) is 0 Å². The van der Waals surface area contributed by atoms with Crippen molar-refractivity contribution in [2.24, 2.45) is 0 Å². The first-order valence-electron chi connectivity index (χ1n) is 8.08. The molecule has 0 aliphatic carbocycles. The Hall–Kier alpha value is -2.20. The second-order valence-electron chi connectivity index (χ2n) is 5.96. The smallest absolute Gasteiger partial charge is 0.409 e. The first-order chi connectivity index (χ1) is 13.2. The van der Waals surface area contributed by atoms with Crippen LogP contribution in [0.1, 0.15) is 12.5 Å². The molecule has 0 bridgehead atoms. The summed E-state index contributed by atoms with van der Waals surface area (Å²) in [5.41, 5.74) is 0.623. The Balaban J connectivity index is 2.15. The van der Waals surface area contributed by atoms with Crippen LogP contribution in [0.2, 0.25) is 5.02 Å². The zero-order valence-electron chi connectivity index (χ0n) is 15.1. The molecule has 150 valence electrons. The van der Waals surface area contributed by atoms with Crippen LogP contribution in [0.25, 0.3) is 0 Å². The van der Waals surface area contributed by atoms with E-state index < -0.39 is 18.2 Å². The van der Waals surface area contributed by atoms with Gasteiger partial charge in [-0.1, -0.05) is 29.4 Å². The zero-order valence-corrected chi connectivity index (χ0v) is 16.7. The molecule has 11 heteroatoms. The summed E-state index contributed by atoms with van der Waals surface area (Å²) < 4.78 is 45.7. The van der Waals surface area contributed by atoms with Crippen molar-refractivity contribution in [1.29, 1.82) is 0 Å². The average Bonchev–Trinajstić information content (AvgIpc) is 2.66. The molecule has 1 aliphatic heterocycles. The third kappa shape index (κ3) is 3.58. The minimum absolute atomic E-state index is 0.0171. The number of thioether (sulfide) groups is 1. The summed E-state index contributed by atoms with van der Waals surface area (Å²) in [7, 11) is 1.41. The molecule has 0 spiro atoms. The molecule has 1 atom stereocenters. The molecular formula is C17H16ClF3N4O2S. The predicted molar refractivity (Wildman–Crippen MR) is 101 cm³/mol. The highest BCUT2D eigenvalue weighted by molar-refractivity contribution is 7.98. The summed E-state index contributed by atoms with van der Waals surface area (Å²) in [5, 5.41) is 0.404. The van der Waals surface area contributed by atoms with Crippen LogP contribution in [0.4, 0.5) is 29.5 Å². The molecule has 0 radical (unpaired) electrons. The maximum Gasteiger partial charge on any atom is 0.409 e. The molecule has 2 amide bonds. The summed E-state index contributed by atoms with van der Waals surface area (Å²) in [6, 6.07) is 1.78. The summed E-state index contributed by atoms with van der Waals surface area (Å²) in [4.78, 5) is 23.2. The van der Waals surface area contributed by atoms with E-state index in [-0.39, 0.29) is 28.2 Å². The monoisotopic (exact) mass is 432 g/mol. The van der Waals surface area contributed by atoms with Crippen LogP contribution in [-0.4, -0.2) is 41.6 Å². The molecule has 0 saturated carbocycles. The minimum atomic E-state index is -4.64. The van der Waals surface area contributed by atoms with E-state index in [1.165, 1.54) is 25.1 Å². The van der Waals surface area contributed by atoms with Crippen LogP contribution in [0.3, 0.4) is 0 Å². The van der Waals surface area contributed by atoms with Crippen molar-refractivity contribution >= 4 is 40.9 Å². The largest absolute Gasteiger partial charge is 0.495 e. The summed E-state index contributed by atoms with van der Waals surface area (Å²) in [6.45, 7) is 0.899. The van der Waals surface area contributed by atoms with Crippen molar-refractivity contribution in [3.05, 3.63) is 35.0 Å². The van der Waals surface area contributed by atoms with Crippen LogP contribution in [-0.2, 0) is 6.54 Å². The number of rotatable bonds is 4. The Kier molecular flexibility index (Phi) is 5.62. The highest BCUT2D eigenvalue weighted by atomic mass is 35.5. The van der Waals surface area contributed by atoms with Gasteiger partial charge in [0.1, 0.15) is 22.6 Å². The van der Waals surface area contributed by atoms with Crippen LogP contribution >= 0.6 is 23.4 Å². The Bertz CT molecular complexity index is 912. The Labute approximate surface area is 168 Å². The van der Waals surface area contributed by atoms with Crippen molar-refractivity contribution in [3.63, 3.8) is 0 Å². The van der Waals surface area contributed by atoms with Gasteiger partial charge < -0.3 is 4.74 Å². The number of hydrogen-bond donors (Lipinski definition) is 0. The molecule has 0 fully saturated rings. The lowest BCUT2D eigenvalue weighted by Gasteiger charge is -2.39. The molecular weight excluding hydrogens is 417 g/mol. The molecule has 2 heterocycles. The van der Waals surface area contributed by atoms with Gasteiger partial charge in [0.05, 0.1) is 19.3 Å². The van der Waals surface area contributed by atoms with E-state index in [1.54, 1.807) is 24.5 Å². The fourth-order valence-corrected chi connectivity index (χ4v) is 3.45. The van der Waals surface area contributed by atoms with Crippen molar-refractivity contribution in [3.8, 4) is 5.75 Å². The maximum atomic E-state index is 13.5. The third-order valence-corrected chi connectivity index (χ3v) is 5.25. The van der Waals surface area contributed by atoms with Gasteiger partial charge in [0.2, 0.25) is 0 Å². The number of ether oxygens (including phenoxy) is 1. The molecule has 0 unspecified atom stereocenters. The molecule has 1 aliphatic rings. The molecule has 6 nitrogen and oxygen atoms in total. The van der Waals surface area contributed by atoms with E-state index >= 15 is 0 Å². The normalized spacial score (nSPS) is 15.5. The number of urea groups is 1. The number of fused-ring (bicyclic) bond motifs is 1. The van der Waals surface area contributed by atoms with Gasteiger partial charge in [-0.05, 0) is 25.3 Å². The summed E-state index contributed by atoms with van der Waals surface area (Å²) in [5.74, 6) is 0.256. The van der Waals surface area contributed by atoms with Gasteiger partial charge in [0, 0.05) is 11.8 Å². The van der Waals surface area contributed by atoms with Crippen LogP contribution < -0.4 is 14.5 Å². The van der Waals surface area contributed by atoms with Crippen LogP contribution in [0.5, 0.6) is 5.75 Å². The van der Waals surface area contributed by atoms with E-state index in [4.69, 9.17) is 16.3 Å². The molecule has 1 aromatic heterocycles. The number of halogens is 4. The van der Waals surface area contributed by atoms with Gasteiger partial charge in [-0.3, -0.25) is 9.80 Å². The first-order valence-corrected chi connectivity index (χ1v) is 9.69. The predicted octanol–water partition coefficient (Wildman–Crippen LogP) is 4.76. The number of benzene rings is 1. The second-order valence-corrected chi connectivity index (χ2v) is 7.11. The number of nitrogens with zero attached hydrogens (tertiary/aromatic N) is 4. The van der Waals surface area contributed by atoms with Crippen molar-refractivity contribution in [1.82, 2.24) is 9.97 Å². The number of methoxy groups -OCH3 is 1. The Morgan fingerprint density at radius 3 is 2.68 bits per heavy atom. The Morgan fingerprint density at radius 2 is 2.07 bits per heavy atom. The van der Waals surface area contributed by atoms with Gasteiger partial charge >= 0.3 is 12.2 Å². The Morgan fingerprint density at radius 1 is 1.36 bits per heavy atom. The van der Waals surface area contributed by atoms with E-state index in [2.05, 4.69) is 9.97 Å². The van der Waals surface area contributed by atoms with E-state index in [9.17, 15) is 18.0 Å². The third-order valence-electron chi connectivity index (χ3n) is 4.31. The van der Waals surface area contributed by atoms with Gasteiger partial charge in [-0.15, -0.1) is 0 Å². The molecule has 3 rings (SSSR count). The quantitative estimate of drug-likeness (QED) is 0.515. The fraction of sp³-hybridized carbons (Fsp3) is 0.353. The molecule has 0 saturated heterocycles. The van der Waals surface area contributed by atoms with E-state index in [0.29, 0.717) is 16.2 Å². The molecule has 28 heavy (non-hydrogen) atoms. The zero-order chi connectivity index (χ0) is 20.6. The summed E-state index contributed by atoms with van der Waals surface area (Å²) >= 11 is 7.48. The second kappa shape index (κ2) is 7.67. The highest BCUT2D eigenvalue weighted by Crippen LogP contribution is 2.40. The lowest BCUT2D eigenvalue weighted by molar-refractivity contribution is -0.143. The van der Waals surface area contributed by atoms with Crippen LogP contribution in [0.15, 0.2) is 29.6 Å². The van der Waals surface area contributed by atoms with E-state index in [1.807, 2.05) is 0 Å². The number of amides is 2. The number of carbonyl (C=O) groups excluding carboxylic acids is 1. The topological polar surface area (TPSA) is 58.6 Å². The lowest BCUT2D eigenvalue weighted by atomic mass is 10.1. The average molecular weight is 433 g/mol. The number of aromatic nitrogens is 2. The lowest BCUT2D eigenvalue weighted by Crippen LogP contribution is -2.56. The highest BCUT2D eigenvalue weighted by Gasteiger charge is 2.47. The minimum Gasteiger partial charge on any atom is -0.495 e. The van der Waals surface area contributed by atoms with E-state index in [0.717, 1.165) is 11.8 Å². The van der Waals surface area contributed by atoms with Gasteiger partial charge in [0.15, 0.2) is 5.16 Å². The molecule has 0 N–H and O–H groups in total. The first kappa shape index (κ1) is 20.5. The fourth-order valence-electron chi connectivity index (χ4n) is 2.81. The molecule has 1 aromatic carbocycles. The van der Waals surface area contributed by atoms with Crippen LogP contribution in [0, 0.1) is 0 Å². The summed E-state index contributed by atoms with van der Waals surface area (Å²) in [6.07, 6.45) is -1.51. The van der Waals surface area contributed by atoms with Crippen molar-refractivity contribution < 1.29 is 22.7 Å². The maximum absolute atomic E-state index is 13.5. The SMILES string of the molecule is COc1cccc(N2Cc3cnc(SC)nc3N([C@@H](C)C(F)(F)F)C2=O)c1Cl. The number of anilines is 2. The van der Waals surface area contributed by atoms with Crippen molar-refractivity contribution in [2.45, 2.75) is 30.8 Å². The van der Waals surface area contributed by atoms with Gasteiger partial charge in [-0.2, -0.15) is 13.2 Å². The van der Waals surface area contributed by atoms with Gasteiger partial charge in [-0.25, -0.2) is 14.8 Å².